The molecule has 1 N–H and O–H groups in total. The molecule has 1 aliphatic rings. The lowest BCUT2D eigenvalue weighted by atomic mass is 9.93. The van der Waals surface area contributed by atoms with Crippen molar-refractivity contribution < 1.29 is 0 Å². The molecule has 1 atom stereocenters. The van der Waals surface area contributed by atoms with Crippen LogP contribution >= 0.6 is 11.3 Å². The van der Waals surface area contributed by atoms with E-state index in [9.17, 15) is 0 Å². The SMILES string of the molecule is c1ccc2c(NC3CCCc4sccc43)ccnc2c1. The third-order valence-electron chi connectivity index (χ3n) is 4.03. The van der Waals surface area contributed by atoms with Crippen LogP contribution in [0.15, 0.2) is 48.0 Å². The van der Waals surface area contributed by atoms with Crippen LogP contribution in [0.2, 0.25) is 0 Å². The molecule has 0 saturated carbocycles. The Hall–Kier alpha value is -1.87. The maximum absolute atomic E-state index is 4.43. The number of fused-ring (bicyclic) bond motifs is 2. The van der Waals surface area contributed by atoms with E-state index in [0.717, 1.165) is 5.52 Å². The number of nitrogens with zero attached hydrogens (tertiary/aromatic N) is 1. The second kappa shape index (κ2) is 4.91. The normalized spacial score (nSPS) is 17.9. The number of rotatable bonds is 2. The average molecular weight is 280 g/mol. The van der Waals surface area contributed by atoms with Crippen LogP contribution in [0.4, 0.5) is 5.69 Å². The van der Waals surface area contributed by atoms with Crippen LogP contribution < -0.4 is 5.32 Å². The van der Waals surface area contributed by atoms with Gasteiger partial charge in [0, 0.05) is 22.1 Å². The maximum atomic E-state index is 4.43. The van der Waals surface area contributed by atoms with Crippen LogP contribution in [0.25, 0.3) is 10.9 Å². The number of hydrogen-bond acceptors (Lipinski definition) is 3. The maximum Gasteiger partial charge on any atom is 0.0722 e. The van der Waals surface area contributed by atoms with E-state index in [-0.39, 0.29) is 0 Å². The Bertz CT molecular complexity index is 742. The molecule has 1 unspecified atom stereocenters. The highest BCUT2D eigenvalue weighted by atomic mass is 32.1. The fraction of sp³-hybridized carbons (Fsp3) is 0.235. The van der Waals surface area contributed by atoms with Gasteiger partial charge >= 0.3 is 0 Å². The summed E-state index contributed by atoms with van der Waals surface area (Å²) in [7, 11) is 0. The van der Waals surface area contributed by atoms with Crippen molar-refractivity contribution in [1.82, 2.24) is 4.98 Å². The highest BCUT2D eigenvalue weighted by Gasteiger charge is 2.21. The van der Waals surface area contributed by atoms with Gasteiger partial charge in [-0.3, -0.25) is 4.98 Å². The number of nitrogens with one attached hydrogen (secondary N) is 1. The molecule has 0 saturated heterocycles. The number of aromatic nitrogens is 1. The minimum absolute atomic E-state index is 0.441. The summed E-state index contributed by atoms with van der Waals surface area (Å²) in [6, 6.07) is 13.1. The van der Waals surface area contributed by atoms with E-state index < -0.39 is 0 Å². The molecule has 4 rings (SSSR count). The third kappa shape index (κ3) is 1.98. The number of pyridine rings is 1. The molecular weight excluding hydrogens is 264 g/mol. The third-order valence-corrected chi connectivity index (χ3v) is 5.03. The van der Waals surface area contributed by atoms with Crippen LogP contribution in [0.3, 0.4) is 0 Å². The van der Waals surface area contributed by atoms with Crippen molar-refractivity contribution in [1.29, 1.82) is 0 Å². The largest absolute Gasteiger partial charge is 0.378 e. The van der Waals surface area contributed by atoms with Crippen LogP contribution in [-0.2, 0) is 6.42 Å². The van der Waals surface area contributed by atoms with Gasteiger partial charge in [-0.05, 0) is 48.4 Å². The summed E-state index contributed by atoms with van der Waals surface area (Å²) < 4.78 is 0. The smallest absolute Gasteiger partial charge is 0.0722 e. The van der Waals surface area contributed by atoms with Crippen molar-refractivity contribution in [2.24, 2.45) is 0 Å². The molecular formula is C17H16N2S. The number of thiophene rings is 1. The zero-order valence-electron chi connectivity index (χ0n) is 11.2. The highest BCUT2D eigenvalue weighted by molar-refractivity contribution is 7.10. The zero-order chi connectivity index (χ0) is 13.4. The zero-order valence-corrected chi connectivity index (χ0v) is 12.0. The molecule has 0 radical (unpaired) electrons. The molecule has 0 bridgehead atoms. The van der Waals surface area contributed by atoms with E-state index in [2.05, 4.69) is 46.0 Å². The summed E-state index contributed by atoms with van der Waals surface area (Å²) in [6.45, 7) is 0. The number of anilines is 1. The Morgan fingerprint density at radius 1 is 1.15 bits per heavy atom. The van der Waals surface area contributed by atoms with Crippen molar-refractivity contribution >= 4 is 27.9 Å². The topological polar surface area (TPSA) is 24.9 Å². The van der Waals surface area contributed by atoms with E-state index in [1.807, 2.05) is 23.6 Å². The Morgan fingerprint density at radius 2 is 2.10 bits per heavy atom. The second-order valence-electron chi connectivity index (χ2n) is 5.26. The van der Waals surface area contributed by atoms with Crippen molar-refractivity contribution in [3.05, 3.63) is 58.4 Å². The average Bonchev–Trinajstić information content (AvgIpc) is 2.97. The Kier molecular flexibility index (Phi) is 2.92. The fourth-order valence-corrected chi connectivity index (χ4v) is 4.03. The Morgan fingerprint density at radius 3 is 3.10 bits per heavy atom. The van der Waals surface area contributed by atoms with Crippen LogP contribution in [0.5, 0.6) is 0 Å². The van der Waals surface area contributed by atoms with Crippen LogP contribution in [-0.4, -0.2) is 4.98 Å². The molecule has 2 nitrogen and oxygen atoms in total. The van der Waals surface area contributed by atoms with E-state index >= 15 is 0 Å². The van der Waals surface area contributed by atoms with Gasteiger partial charge in [-0.1, -0.05) is 18.2 Å². The fourth-order valence-electron chi connectivity index (χ4n) is 3.05. The van der Waals surface area contributed by atoms with Gasteiger partial charge in [0.25, 0.3) is 0 Å². The van der Waals surface area contributed by atoms with Crippen molar-refractivity contribution in [3.8, 4) is 0 Å². The number of benzene rings is 1. The standard InChI is InChI=1S/C17H16N2S/c1-2-5-14-12(4-1)16(8-10-18-14)19-15-6-3-7-17-13(15)9-11-20-17/h1-2,4-5,8-11,15H,3,6-7H2,(H,18,19). The molecule has 0 spiro atoms. The quantitative estimate of drug-likeness (QED) is 0.730. The molecule has 3 heteroatoms. The highest BCUT2D eigenvalue weighted by Crippen LogP contribution is 2.36. The van der Waals surface area contributed by atoms with Crippen molar-refractivity contribution in [2.45, 2.75) is 25.3 Å². The predicted molar refractivity (Wildman–Crippen MR) is 85.4 cm³/mol. The van der Waals surface area contributed by atoms with E-state index in [1.54, 1.807) is 4.88 Å². The van der Waals surface area contributed by atoms with Gasteiger partial charge in [0.05, 0.1) is 11.6 Å². The number of para-hydroxylation sites is 1. The van der Waals surface area contributed by atoms with Crippen molar-refractivity contribution in [3.63, 3.8) is 0 Å². The summed E-state index contributed by atoms with van der Waals surface area (Å²) in [5, 5.41) is 7.16. The van der Waals surface area contributed by atoms with Gasteiger partial charge in [0.15, 0.2) is 0 Å². The van der Waals surface area contributed by atoms with Gasteiger partial charge in [-0.2, -0.15) is 0 Å². The van der Waals surface area contributed by atoms with Gasteiger partial charge in [0.1, 0.15) is 0 Å². The number of aryl methyl sites for hydroxylation is 1. The molecule has 2 heterocycles. The Labute approximate surface area is 122 Å². The molecule has 1 aromatic carbocycles. The number of hydrogen-bond donors (Lipinski definition) is 1. The first-order chi connectivity index (χ1) is 9.92. The minimum Gasteiger partial charge on any atom is -0.378 e. The van der Waals surface area contributed by atoms with Crippen molar-refractivity contribution in [2.75, 3.05) is 5.32 Å². The minimum atomic E-state index is 0.441. The van der Waals surface area contributed by atoms with Gasteiger partial charge in [-0.25, -0.2) is 0 Å². The lowest BCUT2D eigenvalue weighted by Gasteiger charge is -2.25. The predicted octanol–water partition coefficient (Wildman–Crippen LogP) is 4.79. The summed E-state index contributed by atoms with van der Waals surface area (Å²) in [4.78, 5) is 5.98. The molecule has 0 aliphatic heterocycles. The summed E-state index contributed by atoms with van der Waals surface area (Å²) >= 11 is 1.89. The van der Waals surface area contributed by atoms with Crippen LogP contribution in [0, 0.1) is 0 Å². The summed E-state index contributed by atoms with van der Waals surface area (Å²) in [5.41, 5.74) is 3.74. The lowest BCUT2D eigenvalue weighted by Crippen LogP contribution is -2.15. The molecule has 0 amide bonds. The Balaban J connectivity index is 1.73. The first-order valence-corrected chi connectivity index (χ1v) is 7.96. The summed E-state index contributed by atoms with van der Waals surface area (Å²) in [5.74, 6) is 0. The molecule has 2 aromatic heterocycles. The van der Waals surface area contributed by atoms with Gasteiger partial charge in [-0.15, -0.1) is 11.3 Å². The van der Waals surface area contributed by atoms with Gasteiger partial charge in [0.2, 0.25) is 0 Å². The molecule has 1 aliphatic carbocycles. The van der Waals surface area contributed by atoms with Gasteiger partial charge < -0.3 is 5.32 Å². The van der Waals surface area contributed by atoms with E-state index in [4.69, 9.17) is 0 Å². The second-order valence-corrected chi connectivity index (χ2v) is 6.26. The van der Waals surface area contributed by atoms with E-state index in [1.165, 1.54) is 35.9 Å². The first-order valence-electron chi connectivity index (χ1n) is 7.08. The summed E-state index contributed by atoms with van der Waals surface area (Å²) in [6.07, 6.45) is 5.61. The molecule has 3 aromatic rings. The van der Waals surface area contributed by atoms with E-state index in [0.29, 0.717) is 6.04 Å². The lowest BCUT2D eigenvalue weighted by molar-refractivity contribution is 0.609. The first kappa shape index (κ1) is 11.9. The molecule has 100 valence electrons. The van der Waals surface area contributed by atoms with Crippen LogP contribution in [0.1, 0.15) is 29.3 Å². The monoisotopic (exact) mass is 280 g/mol. The molecule has 20 heavy (non-hydrogen) atoms. The molecule has 0 fully saturated rings.